The number of piperidine rings is 1. The summed E-state index contributed by atoms with van der Waals surface area (Å²) in [6, 6.07) is 4.12. The van der Waals surface area contributed by atoms with Crippen molar-refractivity contribution in [2.45, 2.75) is 19.8 Å². The van der Waals surface area contributed by atoms with Crippen LogP contribution in [-0.4, -0.2) is 43.1 Å². The molecule has 0 aromatic carbocycles. The molecule has 4 nitrogen and oxygen atoms in total. The van der Waals surface area contributed by atoms with Gasteiger partial charge in [-0.1, -0.05) is 0 Å². The third-order valence-electron chi connectivity index (χ3n) is 3.55. The molecule has 100 valence electrons. The van der Waals surface area contributed by atoms with E-state index in [9.17, 15) is 0 Å². The lowest BCUT2D eigenvalue weighted by atomic mass is 9.97. The highest BCUT2D eigenvalue weighted by Crippen LogP contribution is 2.18. The summed E-state index contributed by atoms with van der Waals surface area (Å²) in [7, 11) is 2.20. The number of likely N-dealkylation sites (tertiary alicyclic amines) is 1. The van der Waals surface area contributed by atoms with E-state index in [-0.39, 0.29) is 0 Å². The van der Waals surface area contributed by atoms with Gasteiger partial charge >= 0.3 is 0 Å². The zero-order chi connectivity index (χ0) is 12.8. The molecule has 0 radical (unpaired) electrons. The van der Waals surface area contributed by atoms with Crippen molar-refractivity contribution in [3.05, 3.63) is 18.3 Å². The van der Waals surface area contributed by atoms with Gasteiger partial charge in [0.15, 0.2) is 0 Å². The van der Waals surface area contributed by atoms with Crippen LogP contribution in [0.5, 0.6) is 0 Å². The van der Waals surface area contributed by atoms with Gasteiger partial charge in [-0.2, -0.15) is 0 Å². The van der Waals surface area contributed by atoms with Crippen molar-refractivity contribution in [2.24, 2.45) is 5.92 Å². The standard InChI is InChI=1S/C14H24N4/c1-3-15-14-10-13(4-7-16-14)17-11-12-5-8-18(2)9-6-12/h4,7,10,12H,3,5-6,8-9,11H2,1-2H3,(H2,15,16,17). The van der Waals surface area contributed by atoms with E-state index in [1.54, 1.807) is 0 Å². The first-order valence-corrected chi connectivity index (χ1v) is 6.90. The average Bonchev–Trinajstić information content (AvgIpc) is 2.39. The Balaban J connectivity index is 1.80. The first kappa shape index (κ1) is 13.1. The number of pyridine rings is 1. The second kappa shape index (κ2) is 6.59. The number of nitrogens with one attached hydrogen (secondary N) is 2. The maximum absolute atomic E-state index is 4.28. The lowest BCUT2D eigenvalue weighted by Crippen LogP contribution is -2.32. The number of hydrogen-bond donors (Lipinski definition) is 2. The highest BCUT2D eigenvalue weighted by atomic mass is 15.1. The van der Waals surface area contributed by atoms with Crippen molar-refractivity contribution in [1.29, 1.82) is 0 Å². The SMILES string of the molecule is CCNc1cc(NCC2CCN(C)CC2)ccn1. The Hall–Kier alpha value is -1.29. The number of rotatable bonds is 5. The lowest BCUT2D eigenvalue weighted by molar-refractivity contribution is 0.226. The Morgan fingerprint density at radius 2 is 2.11 bits per heavy atom. The average molecular weight is 248 g/mol. The normalized spacial score (nSPS) is 17.7. The molecule has 0 unspecified atom stereocenters. The van der Waals surface area contributed by atoms with Crippen molar-refractivity contribution in [2.75, 3.05) is 43.9 Å². The minimum absolute atomic E-state index is 0.803. The Bertz CT molecular complexity index is 359. The van der Waals surface area contributed by atoms with Crippen molar-refractivity contribution in [1.82, 2.24) is 9.88 Å². The van der Waals surface area contributed by atoms with Gasteiger partial charge in [-0.15, -0.1) is 0 Å². The van der Waals surface area contributed by atoms with Crippen molar-refractivity contribution < 1.29 is 0 Å². The second-order valence-electron chi connectivity index (χ2n) is 5.09. The maximum atomic E-state index is 4.28. The number of hydrogen-bond acceptors (Lipinski definition) is 4. The van der Waals surface area contributed by atoms with E-state index in [1.165, 1.54) is 31.6 Å². The molecular weight excluding hydrogens is 224 g/mol. The molecule has 1 aliphatic heterocycles. The topological polar surface area (TPSA) is 40.2 Å². The number of anilines is 2. The predicted octanol–water partition coefficient (Wildman–Crippen LogP) is 2.27. The van der Waals surface area contributed by atoms with Gasteiger partial charge in [0.1, 0.15) is 5.82 Å². The first-order valence-electron chi connectivity index (χ1n) is 6.90. The Kier molecular flexibility index (Phi) is 4.81. The summed E-state index contributed by atoms with van der Waals surface area (Å²) in [6.45, 7) is 6.52. The van der Waals surface area contributed by atoms with Crippen LogP contribution in [0.1, 0.15) is 19.8 Å². The molecule has 1 saturated heterocycles. The van der Waals surface area contributed by atoms with Crippen LogP contribution in [0.15, 0.2) is 18.3 Å². The van der Waals surface area contributed by atoms with Gasteiger partial charge in [-0.05, 0) is 51.9 Å². The molecule has 2 rings (SSSR count). The fourth-order valence-corrected chi connectivity index (χ4v) is 2.35. The van der Waals surface area contributed by atoms with Crippen LogP contribution in [0.4, 0.5) is 11.5 Å². The van der Waals surface area contributed by atoms with Gasteiger partial charge in [-0.3, -0.25) is 0 Å². The third kappa shape index (κ3) is 3.88. The number of nitrogens with zero attached hydrogens (tertiary/aromatic N) is 2. The van der Waals surface area contributed by atoms with Gasteiger partial charge in [0, 0.05) is 31.0 Å². The minimum atomic E-state index is 0.803. The molecule has 0 bridgehead atoms. The van der Waals surface area contributed by atoms with Gasteiger partial charge in [0.25, 0.3) is 0 Å². The molecule has 0 saturated carbocycles. The Morgan fingerprint density at radius 3 is 2.83 bits per heavy atom. The van der Waals surface area contributed by atoms with Gasteiger partial charge in [-0.25, -0.2) is 4.98 Å². The van der Waals surface area contributed by atoms with Crippen LogP contribution in [0.3, 0.4) is 0 Å². The quantitative estimate of drug-likeness (QED) is 0.838. The van der Waals surface area contributed by atoms with Crippen LogP contribution in [0.2, 0.25) is 0 Å². The molecule has 1 fully saturated rings. The molecule has 0 aliphatic carbocycles. The number of aromatic nitrogens is 1. The van der Waals surface area contributed by atoms with Crippen LogP contribution in [0.25, 0.3) is 0 Å². The zero-order valence-electron chi connectivity index (χ0n) is 11.4. The molecule has 0 amide bonds. The summed E-state index contributed by atoms with van der Waals surface area (Å²) in [6.07, 6.45) is 4.46. The fourth-order valence-electron chi connectivity index (χ4n) is 2.35. The first-order chi connectivity index (χ1) is 8.78. The lowest BCUT2D eigenvalue weighted by Gasteiger charge is -2.29. The smallest absolute Gasteiger partial charge is 0.127 e. The van der Waals surface area contributed by atoms with Crippen molar-refractivity contribution >= 4 is 11.5 Å². The van der Waals surface area contributed by atoms with Gasteiger partial charge < -0.3 is 15.5 Å². The van der Waals surface area contributed by atoms with Crippen LogP contribution in [-0.2, 0) is 0 Å². The van der Waals surface area contributed by atoms with Crippen LogP contribution in [0, 0.1) is 5.92 Å². The predicted molar refractivity (Wildman–Crippen MR) is 77.1 cm³/mol. The third-order valence-corrected chi connectivity index (χ3v) is 3.55. The Morgan fingerprint density at radius 1 is 1.33 bits per heavy atom. The molecule has 0 spiro atoms. The van der Waals surface area contributed by atoms with Gasteiger partial charge in [0.2, 0.25) is 0 Å². The van der Waals surface area contributed by atoms with Crippen LogP contribution < -0.4 is 10.6 Å². The maximum Gasteiger partial charge on any atom is 0.127 e. The van der Waals surface area contributed by atoms with Gasteiger partial charge in [0.05, 0.1) is 0 Å². The molecule has 1 aliphatic rings. The summed E-state index contributed by atoms with van der Waals surface area (Å²) in [5.74, 6) is 1.75. The van der Waals surface area contributed by atoms with E-state index in [4.69, 9.17) is 0 Å². The Labute approximate surface area is 110 Å². The molecule has 0 atom stereocenters. The summed E-state index contributed by atoms with van der Waals surface area (Å²) < 4.78 is 0. The zero-order valence-corrected chi connectivity index (χ0v) is 11.4. The van der Waals surface area contributed by atoms with E-state index in [0.717, 1.165) is 24.8 Å². The fraction of sp³-hybridized carbons (Fsp3) is 0.643. The second-order valence-corrected chi connectivity index (χ2v) is 5.09. The highest BCUT2D eigenvalue weighted by molar-refractivity contribution is 5.51. The molecular formula is C14H24N4. The monoisotopic (exact) mass is 248 g/mol. The van der Waals surface area contributed by atoms with Crippen LogP contribution >= 0.6 is 0 Å². The highest BCUT2D eigenvalue weighted by Gasteiger charge is 2.16. The van der Waals surface area contributed by atoms with Crippen molar-refractivity contribution in [3.8, 4) is 0 Å². The summed E-state index contributed by atoms with van der Waals surface area (Å²) in [5.41, 5.74) is 1.17. The molecule has 4 heteroatoms. The molecule has 2 N–H and O–H groups in total. The summed E-state index contributed by atoms with van der Waals surface area (Å²) in [4.78, 5) is 6.68. The van der Waals surface area contributed by atoms with E-state index < -0.39 is 0 Å². The van der Waals surface area contributed by atoms with E-state index >= 15 is 0 Å². The molecule has 1 aromatic rings. The minimum Gasteiger partial charge on any atom is -0.385 e. The van der Waals surface area contributed by atoms with E-state index in [2.05, 4.69) is 40.6 Å². The van der Waals surface area contributed by atoms with Crippen molar-refractivity contribution in [3.63, 3.8) is 0 Å². The molecule has 18 heavy (non-hydrogen) atoms. The van der Waals surface area contributed by atoms with E-state index in [1.807, 2.05) is 12.3 Å². The molecule has 1 aromatic heterocycles. The summed E-state index contributed by atoms with van der Waals surface area (Å²) in [5, 5.41) is 6.76. The largest absolute Gasteiger partial charge is 0.385 e. The summed E-state index contributed by atoms with van der Waals surface area (Å²) >= 11 is 0. The van der Waals surface area contributed by atoms with E-state index in [0.29, 0.717) is 0 Å². The molecule has 2 heterocycles.